The maximum absolute atomic E-state index is 4.23. The zero-order chi connectivity index (χ0) is 9.52. The minimum Gasteiger partial charge on any atom is -0.372 e. The van der Waals surface area contributed by atoms with Crippen LogP contribution in [0.3, 0.4) is 0 Å². The lowest BCUT2D eigenvalue weighted by atomic mass is 10.4. The van der Waals surface area contributed by atoms with Gasteiger partial charge < -0.3 is 10.6 Å². The first kappa shape index (κ1) is 9.92. The minimum absolute atomic E-state index is 0.796. The second-order valence-corrected chi connectivity index (χ2v) is 2.82. The quantitative estimate of drug-likeness (QED) is 0.664. The van der Waals surface area contributed by atoms with Gasteiger partial charge in [-0.2, -0.15) is 0 Å². The summed E-state index contributed by atoms with van der Waals surface area (Å²) in [6.07, 6.45) is 4.67. The van der Waals surface area contributed by atoms with Gasteiger partial charge in [0.05, 0.1) is 18.1 Å². The largest absolute Gasteiger partial charge is 0.372 e. The SMILES string of the molecule is CCCNCc1cnc(NC)cn1. The third kappa shape index (κ3) is 3.38. The van der Waals surface area contributed by atoms with E-state index in [-0.39, 0.29) is 0 Å². The van der Waals surface area contributed by atoms with E-state index in [4.69, 9.17) is 0 Å². The van der Waals surface area contributed by atoms with Crippen molar-refractivity contribution in [2.24, 2.45) is 0 Å². The van der Waals surface area contributed by atoms with Gasteiger partial charge in [-0.15, -0.1) is 0 Å². The number of hydrogen-bond acceptors (Lipinski definition) is 4. The summed E-state index contributed by atoms with van der Waals surface area (Å²) in [6.45, 7) is 3.96. The maximum Gasteiger partial charge on any atom is 0.144 e. The highest BCUT2D eigenvalue weighted by Gasteiger charge is 1.94. The molecule has 1 aromatic rings. The molecule has 4 nitrogen and oxygen atoms in total. The first-order valence-corrected chi connectivity index (χ1v) is 4.56. The molecule has 0 aliphatic heterocycles. The van der Waals surface area contributed by atoms with Crippen LogP contribution in [0.5, 0.6) is 0 Å². The average Bonchev–Trinajstić information content (AvgIpc) is 2.19. The molecule has 0 unspecified atom stereocenters. The first-order valence-electron chi connectivity index (χ1n) is 4.56. The van der Waals surface area contributed by atoms with Crippen molar-refractivity contribution >= 4 is 5.82 Å². The summed E-state index contributed by atoms with van der Waals surface area (Å²) >= 11 is 0. The molecule has 13 heavy (non-hydrogen) atoms. The molecule has 0 radical (unpaired) electrons. The van der Waals surface area contributed by atoms with E-state index in [9.17, 15) is 0 Å². The highest BCUT2D eigenvalue weighted by molar-refractivity contribution is 5.29. The molecule has 4 heteroatoms. The van der Waals surface area contributed by atoms with Crippen LogP contribution in [0.2, 0.25) is 0 Å². The average molecular weight is 180 g/mol. The van der Waals surface area contributed by atoms with Crippen molar-refractivity contribution in [3.8, 4) is 0 Å². The van der Waals surface area contributed by atoms with Crippen molar-refractivity contribution in [3.63, 3.8) is 0 Å². The Morgan fingerprint density at radius 3 is 2.69 bits per heavy atom. The van der Waals surface area contributed by atoms with Crippen LogP contribution >= 0.6 is 0 Å². The van der Waals surface area contributed by atoms with Gasteiger partial charge in [0.15, 0.2) is 0 Å². The van der Waals surface area contributed by atoms with Crippen LogP contribution < -0.4 is 10.6 Å². The lowest BCUT2D eigenvalue weighted by Gasteiger charge is -2.02. The Morgan fingerprint density at radius 1 is 1.31 bits per heavy atom. The fourth-order valence-corrected chi connectivity index (χ4v) is 0.968. The third-order valence-electron chi connectivity index (χ3n) is 1.69. The summed E-state index contributed by atoms with van der Waals surface area (Å²) in [5, 5.41) is 6.19. The van der Waals surface area contributed by atoms with Gasteiger partial charge in [-0.3, -0.25) is 4.98 Å². The number of nitrogens with zero attached hydrogens (tertiary/aromatic N) is 2. The molecule has 2 N–H and O–H groups in total. The molecule has 0 aliphatic rings. The molecule has 0 saturated heterocycles. The van der Waals surface area contributed by atoms with Crippen molar-refractivity contribution in [3.05, 3.63) is 18.1 Å². The molecule has 1 heterocycles. The number of aromatic nitrogens is 2. The molecule has 0 aromatic carbocycles. The van der Waals surface area contributed by atoms with Crippen molar-refractivity contribution in [1.29, 1.82) is 0 Å². The van der Waals surface area contributed by atoms with E-state index in [0.29, 0.717) is 0 Å². The Labute approximate surface area is 78.8 Å². The molecular formula is C9H16N4. The smallest absolute Gasteiger partial charge is 0.144 e. The van der Waals surface area contributed by atoms with Gasteiger partial charge in [-0.1, -0.05) is 6.92 Å². The van der Waals surface area contributed by atoms with E-state index in [1.54, 1.807) is 12.4 Å². The summed E-state index contributed by atoms with van der Waals surface area (Å²) in [6, 6.07) is 0. The van der Waals surface area contributed by atoms with Crippen LogP contribution in [0.25, 0.3) is 0 Å². The van der Waals surface area contributed by atoms with Crippen LogP contribution in [0.1, 0.15) is 19.0 Å². The van der Waals surface area contributed by atoms with Gasteiger partial charge in [-0.25, -0.2) is 4.98 Å². The lowest BCUT2D eigenvalue weighted by Crippen LogP contribution is -2.15. The Balaban J connectivity index is 2.40. The normalized spacial score (nSPS) is 10.0. The standard InChI is InChI=1S/C9H16N4/c1-3-4-11-5-8-6-13-9(10-2)7-12-8/h6-7,11H,3-5H2,1-2H3,(H,10,13). The molecule has 72 valence electrons. The van der Waals surface area contributed by atoms with E-state index >= 15 is 0 Å². The molecule has 0 amide bonds. The van der Waals surface area contributed by atoms with Crippen LogP contribution in [-0.2, 0) is 6.54 Å². The molecule has 0 fully saturated rings. The molecule has 1 aromatic heterocycles. The zero-order valence-electron chi connectivity index (χ0n) is 8.17. The highest BCUT2D eigenvalue weighted by atomic mass is 15.0. The number of anilines is 1. The van der Waals surface area contributed by atoms with Gasteiger partial charge in [0.25, 0.3) is 0 Å². The second kappa shape index (κ2) is 5.48. The number of hydrogen-bond donors (Lipinski definition) is 2. The monoisotopic (exact) mass is 180 g/mol. The molecular weight excluding hydrogens is 164 g/mol. The summed E-state index contributed by atoms with van der Waals surface area (Å²) in [5.41, 5.74) is 0.979. The zero-order valence-corrected chi connectivity index (χ0v) is 8.17. The van der Waals surface area contributed by atoms with Gasteiger partial charge in [0.2, 0.25) is 0 Å². The molecule has 0 saturated carbocycles. The topological polar surface area (TPSA) is 49.8 Å². The number of nitrogens with one attached hydrogen (secondary N) is 2. The fraction of sp³-hybridized carbons (Fsp3) is 0.556. The van der Waals surface area contributed by atoms with E-state index in [1.807, 2.05) is 7.05 Å². The molecule has 0 aliphatic carbocycles. The van der Waals surface area contributed by atoms with Crippen molar-refractivity contribution in [2.45, 2.75) is 19.9 Å². The minimum atomic E-state index is 0.796. The van der Waals surface area contributed by atoms with E-state index in [1.165, 1.54) is 0 Å². The fourth-order valence-electron chi connectivity index (χ4n) is 0.968. The lowest BCUT2D eigenvalue weighted by molar-refractivity contribution is 0.662. The van der Waals surface area contributed by atoms with E-state index in [2.05, 4.69) is 27.5 Å². The van der Waals surface area contributed by atoms with E-state index in [0.717, 1.165) is 31.0 Å². The van der Waals surface area contributed by atoms with E-state index < -0.39 is 0 Å². The molecule has 0 atom stereocenters. The Kier molecular flexibility index (Phi) is 4.18. The van der Waals surface area contributed by atoms with Crippen LogP contribution in [-0.4, -0.2) is 23.6 Å². The Hall–Kier alpha value is -1.16. The summed E-state index contributed by atoms with van der Waals surface area (Å²) in [5.74, 6) is 0.805. The predicted octanol–water partition coefficient (Wildman–Crippen LogP) is 1.02. The first-order chi connectivity index (χ1) is 6.36. The summed E-state index contributed by atoms with van der Waals surface area (Å²) < 4.78 is 0. The van der Waals surface area contributed by atoms with Crippen molar-refractivity contribution < 1.29 is 0 Å². The van der Waals surface area contributed by atoms with Crippen LogP contribution in [0, 0.1) is 0 Å². The van der Waals surface area contributed by atoms with Crippen LogP contribution in [0.15, 0.2) is 12.4 Å². The third-order valence-corrected chi connectivity index (χ3v) is 1.69. The second-order valence-electron chi connectivity index (χ2n) is 2.82. The number of rotatable bonds is 5. The molecule has 0 spiro atoms. The molecule has 1 rings (SSSR count). The van der Waals surface area contributed by atoms with Gasteiger partial charge in [0, 0.05) is 13.6 Å². The Morgan fingerprint density at radius 2 is 2.15 bits per heavy atom. The summed E-state index contributed by atoms with van der Waals surface area (Å²) in [4.78, 5) is 8.40. The van der Waals surface area contributed by atoms with Gasteiger partial charge in [0.1, 0.15) is 5.82 Å². The van der Waals surface area contributed by atoms with Crippen LogP contribution in [0.4, 0.5) is 5.82 Å². The highest BCUT2D eigenvalue weighted by Crippen LogP contribution is 1.98. The van der Waals surface area contributed by atoms with Gasteiger partial charge >= 0.3 is 0 Å². The van der Waals surface area contributed by atoms with Gasteiger partial charge in [-0.05, 0) is 13.0 Å². The molecule has 0 bridgehead atoms. The van der Waals surface area contributed by atoms with Crippen molar-refractivity contribution in [2.75, 3.05) is 18.9 Å². The predicted molar refractivity (Wildman–Crippen MR) is 53.6 cm³/mol. The summed E-state index contributed by atoms with van der Waals surface area (Å²) in [7, 11) is 1.83. The maximum atomic E-state index is 4.23. The van der Waals surface area contributed by atoms with Crippen molar-refractivity contribution in [1.82, 2.24) is 15.3 Å². The Bertz CT molecular complexity index is 232.